The van der Waals surface area contributed by atoms with Crippen LogP contribution in [0.4, 0.5) is 10.5 Å². The number of fused-ring (bicyclic) bond motifs is 1. The van der Waals surface area contributed by atoms with Gasteiger partial charge in [0.2, 0.25) is 0 Å². The van der Waals surface area contributed by atoms with Crippen molar-refractivity contribution in [1.82, 2.24) is 4.90 Å². The predicted octanol–water partition coefficient (Wildman–Crippen LogP) is 4.44. The zero-order valence-corrected chi connectivity index (χ0v) is 15.3. The molecule has 0 saturated heterocycles. The summed E-state index contributed by atoms with van der Waals surface area (Å²) in [5.41, 5.74) is 3.29. The Morgan fingerprint density at radius 1 is 1.26 bits per heavy atom. The van der Waals surface area contributed by atoms with Crippen LogP contribution in [0.15, 0.2) is 18.2 Å². The summed E-state index contributed by atoms with van der Waals surface area (Å²) in [6.45, 7) is 13.7. The van der Waals surface area contributed by atoms with E-state index in [1.165, 1.54) is 16.8 Å². The lowest BCUT2D eigenvalue weighted by atomic mass is 9.96. The van der Waals surface area contributed by atoms with Gasteiger partial charge in [-0.3, -0.25) is 0 Å². The summed E-state index contributed by atoms with van der Waals surface area (Å²) in [4.78, 5) is 14.1. The minimum atomic E-state index is -0.451. The number of carbonyl (C=O) groups excluding carboxylic acids is 1. The number of benzene rings is 1. The van der Waals surface area contributed by atoms with Crippen molar-refractivity contribution in [3.8, 4) is 0 Å². The van der Waals surface area contributed by atoms with Crippen LogP contribution >= 0.6 is 0 Å². The zero-order chi connectivity index (χ0) is 17.2. The normalized spacial score (nSPS) is 16.0. The molecule has 1 aliphatic heterocycles. The largest absolute Gasteiger partial charge is 0.444 e. The maximum atomic E-state index is 12.3. The second-order valence-corrected chi connectivity index (χ2v) is 7.77. The third-order valence-electron chi connectivity index (χ3n) is 4.30. The van der Waals surface area contributed by atoms with Crippen molar-refractivity contribution < 1.29 is 9.53 Å². The third-order valence-corrected chi connectivity index (χ3v) is 4.30. The van der Waals surface area contributed by atoms with Gasteiger partial charge in [0.05, 0.1) is 0 Å². The Bertz CT molecular complexity index is 561. The molecule has 1 aliphatic rings. The summed E-state index contributed by atoms with van der Waals surface area (Å²) < 4.78 is 5.49. The fraction of sp³-hybridized carbons (Fsp3) is 0.632. The summed E-state index contributed by atoms with van der Waals surface area (Å²) in [6, 6.07) is 6.73. The van der Waals surface area contributed by atoms with Crippen LogP contribution in [-0.2, 0) is 17.7 Å². The molecule has 4 nitrogen and oxygen atoms in total. The highest BCUT2D eigenvalue weighted by atomic mass is 16.6. The van der Waals surface area contributed by atoms with Crippen molar-refractivity contribution in [2.75, 3.05) is 11.9 Å². The van der Waals surface area contributed by atoms with E-state index in [-0.39, 0.29) is 6.09 Å². The van der Waals surface area contributed by atoms with E-state index in [4.69, 9.17) is 4.74 Å². The molecule has 0 aliphatic carbocycles. The van der Waals surface area contributed by atoms with Gasteiger partial charge in [-0.25, -0.2) is 4.79 Å². The quantitative estimate of drug-likeness (QED) is 0.896. The Hall–Kier alpha value is -1.71. The molecular formula is C19H30N2O2. The number of hydrogen-bond donors (Lipinski definition) is 1. The lowest BCUT2D eigenvalue weighted by molar-refractivity contribution is 0.0224. The van der Waals surface area contributed by atoms with Crippen LogP contribution in [0, 0.1) is 5.92 Å². The average molecular weight is 318 g/mol. The summed E-state index contributed by atoms with van der Waals surface area (Å²) >= 11 is 0. The van der Waals surface area contributed by atoms with Gasteiger partial charge in [-0.1, -0.05) is 26.0 Å². The molecule has 0 spiro atoms. The number of ether oxygens (including phenoxy) is 1. The van der Waals surface area contributed by atoms with E-state index in [1.54, 1.807) is 4.90 Å². The summed E-state index contributed by atoms with van der Waals surface area (Å²) in [5, 5.41) is 3.62. The van der Waals surface area contributed by atoms with Gasteiger partial charge in [-0.15, -0.1) is 0 Å². The second-order valence-electron chi connectivity index (χ2n) is 7.77. The van der Waals surface area contributed by atoms with Crippen LogP contribution in [0.1, 0.15) is 52.7 Å². The van der Waals surface area contributed by atoms with E-state index in [2.05, 4.69) is 44.3 Å². The number of nitrogens with zero attached hydrogens (tertiary/aromatic N) is 1. The van der Waals surface area contributed by atoms with E-state index >= 15 is 0 Å². The fourth-order valence-electron chi connectivity index (χ4n) is 2.64. The lowest BCUT2D eigenvalue weighted by Crippen LogP contribution is -2.40. The molecule has 0 bridgehead atoms. The van der Waals surface area contributed by atoms with E-state index < -0.39 is 5.60 Å². The molecule has 1 N–H and O–H groups in total. The molecule has 23 heavy (non-hydrogen) atoms. The first-order valence-corrected chi connectivity index (χ1v) is 8.52. The molecule has 0 saturated carbocycles. The number of nitrogens with one attached hydrogen (secondary N) is 1. The second kappa shape index (κ2) is 6.81. The maximum Gasteiger partial charge on any atom is 0.410 e. The molecule has 1 unspecified atom stereocenters. The van der Waals surface area contributed by atoms with Crippen LogP contribution in [0.2, 0.25) is 0 Å². The summed E-state index contributed by atoms with van der Waals surface area (Å²) in [5.74, 6) is 0.577. The Labute approximate surface area is 140 Å². The van der Waals surface area contributed by atoms with E-state index in [0.29, 0.717) is 25.0 Å². The first-order valence-electron chi connectivity index (χ1n) is 8.52. The predicted molar refractivity (Wildman–Crippen MR) is 94.7 cm³/mol. The minimum absolute atomic E-state index is 0.225. The molecular weight excluding hydrogens is 288 g/mol. The monoisotopic (exact) mass is 318 g/mol. The Balaban J connectivity index is 2.12. The van der Waals surface area contributed by atoms with Crippen molar-refractivity contribution in [2.45, 2.75) is 66.2 Å². The van der Waals surface area contributed by atoms with Gasteiger partial charge in [0, 0.05) is 24.8 Å². The van der Waals surface area contributed by atoms with Gasteiger partial charge in [-0.2, -0.15) is 0 Å². The molecule has 1 atom stereocenters. The highest BCUT2D eigenvalue weighted by molar-refractivity contribution is 5.69. The zero-order valence-electron chi connectivity index (χ0n) is 15.3. The molecule has 4 heteroatoms. The SMILES string of the molecule is CC(C)C(C)Nc1cccc2c1CCN(C(=O)OC(C)(C)C)C2. The van der Waals surface area contributed by atoms with Crippen molar-refractivity contribution in [2.24, 2.45) is 5.92 Å². The molecule has 1 aromatic carbocycles. The molecule has 0 aromatic heterocycles. The molecule has 1 aromatic rings. The Morgan fingerprint density at radius 3 is 2.57 bits per heavy atom. The molecule has 128 valence electrons. The van der Waals surface area contributed by atoms with Gasteiger partial charge in [0.15, 0.2) is 0 Å². The first kappa shape index (κ1) is 17.6. The summed E-state index contributed by atoms with van der Waals surface area (Å²) in [6.07, 6.45) is 0.639. The highest BCUT2D eigenvalue weighted by Gasteiger charge is 2.26. The fourth-order valence-corrected chi connectivity index (χ4v) is 2.64. The van der Waals surface area contributed by atoms with E-state index in [1.807, 2.05) is 20.8 Å². The molecule has 0 radical (unpaired) electrons. The number of carbonyl (C=O) groups is 1. The Morgan fingerprint density at radius 2 is 1.96 bits per heavy atom. The third kappa shape index (κ3) is 4.63. The van der Waals surface area contributed by atoms with E-state index in [0.717, 1.165) is 6.42 Å². The first-order chi connectivity index (χ1) is 10.7. The van der Waals surface area contributed by atoms with Gasteiger partial charge in [0.1, 0.15) is 5.60 Å². The van der Waals surface area contributed by atoms with Crippen molar-refractivity contribution >= 4 is 11.8 Å². The van der Waals surface area contributed by atoms with Crippen LogP contribution in [0.5, 0.6) is 0 Å². The molecule has 0 fully saturated rings. The van der Waals surface area contributed by atoms with Gasteiger partial charge in [-0.05, 0) is 57.2 Å². The van der Waals surface area contributed by atoms with Crippen LogP contribution in [-0.4, -0.2) is 29.2 Å². The lowest BCUT2D eigenvalue weighted by Gasteiger charge is -2.32. The molecule has 2 rings (SSSR count). The molecule has 1 heterocycles. The van der Waals surface area contributed by atoms with Crippen LogP contribution in [0.25, 0.3) is 0 Å². The topological polar surface area (TPSA) is 41.6 Å². The van der Waals surface area contributed by atoms with Crippen molar-refractivity contribution in [3.05, 3.63) is 29.3 Å². The number of rotatable bonds is 3. The number of amides is 1. The standard InChI is InChI=1S/C19H30N2O2/c1-13(2)14(3)20-17-9-7-8-15-12-21(11-10-16(15)17)18(22)23-19(4,5)6/h7-9,13-14,20H,10-12H2,1-6H3. The average Bonchev–Trinajstić information content (AvgIpc) is 2.45. The van der Waals surface area contributed by atoms with Gasteiger partial charge >= 0.3 is 6.09 Å². The number of anilines is 1. The van der Waals surface area contributed by atoms with Crippen LogP contribution in [0.3, 0.4) is 0 Å². The van der Waals surface area contributed by atoms with E-state index in [9.17, 15) is 4.79 Å². The van der Waals surface area contributed by atoms with Crippen molar-refractivity contribution in [1.29, 1.82) is 0 Å². The number of hydrogen-bond acceptors (Lipinski definition) is 3. The van der Waals surface area contributed by atoms with Gasteiger partial charge in [0.25, 0.3) is 0 Å². The minimum Gasteiger partial charge on any atom is -0.444 e. The Kier molecular flexibility index (Phi) is 5.23. The van der Waals surface area contributed by atoms with Gasteiger partial charge < -0.3 is 15.0 Å². The summed E-state index contributed by atoms with van der Waals surface area (Å²) in [7, 11) is 0. The smallest absolute Gasteiger partial charge is 0.410 e. The maximum absolute atomic E-state index is 12.3. The highest BCUT2D eigenvalue weighted by Crippen LogP contribution is 2.28. The van der Waals surface area contributed by atoms with Crippen LogP contribution < -0.4 is 5.32 Å². The molecule has 1 amide bonds. The van der Waals surface area contributed by atoms with Crippen molar-refractivity contribution in [3.63, 3.8) is 0 Å².